The van der Waals surface area contributed by atoms with Crippen LogP contribution in [0, 0.1) is 0 Å². The van der Waals surface area contributed by atoms with Gasteiger partial charge in [-0.2, -0.15) is 26.3 Å². The van der Waals surface area contributed by atoms with Gasteiger partial charge in [-0.15, -0.1) is 10.2 Å². The molecular weight excluding hydrogens is 360 g/mol. The third-order valence-electron chi connectivity index (χ3n) is 4.05. The Kier molecular flexibility index (Phi) is 4.64. The van der Waals surface area contributed by atoms with Gasteiger partial charge in [0.2, 0.25) is 0 Å². The summed E-state index contributed by atoms with van der Waals surface area (Å²) in [5, 5.41) is 6.73. The highest BCUT2D eigenvalue weighted by Crippen LogP contribution is 2.37. The molecule has 0 spiro atoms. The highest BCUT2D eigenvalue weighted by atomic mass is 19.4. The first-order valence-corrected chi connectivity index (χ1v) is 7.68. The van der Waals surface area contributed by atoms with Crippen LogP contribution in [0.4, 0.5) is 32.2 Å². The number of halogens is 6. The minimum absolute atomic E-state index is 0.123. The molecule has 0 unspecified atom stereocenters. The number of aromatic nitrogens is 2. The van der Waals surface area contributed by atoms with Crippen LogP contribution in [0.3, 0.4) is 0 Å². The Labute approximate surface area is 145 Å². The van der Waals surface area contributed by atoms with Crippen molar-refractivity contribution in [2.75, 3.05) is 18.0 Å². The number of anilines is 1. The van der Waals surface area contributed by atoms with Gasteiger partial charge in [0.15, 0.2) is 11.5 Å². The van der Waals surface area contributed by atoms with E-state index in [1.165, 1.54) is 18.2 Å². The minimum atomic E-state index is -4.57. The number of benzene rings is 1. The summed E-state index contributed by atoms with van der Waals surface area (Å²) < 4.78 is 76.9. The standard InChI is InChI=1S/C17H13F6N3/c18-16(19,20)13-4-2-1-3-12(13)11-7-9-26(10-8-11)15-6-5-14(24-25-15)17(21,22)23/h1-7H,8-10H2. The fourth-order valence-electron chi connectivity index (χ4n) is 2.78. The Morgan fingerprint density at radius 3 is 2.12 bits per heavy atom. The van der Waals surface area contributed by atoms with E-state index in [2.05, 4.69) is 10.2 Å². The summed E-state index contributed by atoms with van der Waals surface area (Å²) >= 11 is 0. The average Bonchev–Trinajstić information content (AvgIpc) is 2.61. The van der Waals surface area contributed by atoms with Crippen LogP contribution in [0.15, 0.2) is 42.5 Å². The molecule has 0 fully saturated rings. The highest BCUT2D eigenvalue weighted by Gasteiger charge is 2.35. The predicted molar refractivity (Wildman–Crippen MR) is 83.3 cm³/mol. The Balaban J connectivity index is 1.79. The summed E-state index contributed by atoms with van der Waals surface area (Å²) in [5.41, 5.74) is -1.12. The molecule has 0 amide bonds. The fraction of sp³-hybridized carbons (Fsp3) is 0.294. The van der Waals surface area contributed by atoms with Crippen molar-refractivity contribution in [2.45, 2.75) is 18.8 Å². The summed E-state index contributed by atoms with van der Waals surface area (Å²) in [5.74, 6) is 0.248. The Hall–Kier alpha value is -2.58. The largest absolute Gasteiger partial charge is 0.435 e. The second-order valence-electron chi connectivity index (χ2n) is 5.74. The van der Waals surface area contributed by atoms with E-state index in [0.29, 0.717) is 18.5 Å². The summed E-state index contributed by atoms with van der Waals surface area (Å²) in [6.45, 7) is 0.569. The molecule has 1 aliphatic heterocycles. The minimum Gasteiger partial charge on any atom is -0.351 e. The van der Waals surface area contributed by atoms with Gasteiger partial charge in [0.1, 0.15) is 0 Å². The van der Waals surface area contributed by atoms with E-state index >= 15 is 0 Å². The quantitative estimate of drug-likeness (QED) is 0.708. The second kappa shape index (κ2) is 6.62. The molecule has 0 saturated carbocycles. The number of hydrogen-bond acceptors (Lipinski definition) is 3. The van der Waals surface area contributed by atoms with Crippen molar-refractivity contribution in [3.63, 3.8) is 0 Å². The molecule has 0 atom stereocenters. The molecule has 3 nitrogen and oxygen atoms in total. The van der Waals surface area contributed by atoms with Crippen LogP contribution in [-0.2, 0) is 12.4 Å². The molecule has 0 bridgehead atoms. The van der Waals surface area contributed by atoms with Crippen LogP contribution < -0.4 is 4.90 Å². The second-order valence-corrected chi connectivity index (χ2v) is 5.74. The Morgan fingerprint density at radius 2 is 1.58 bits per heavy atom. The van der Waals surface area contributed by atoms with Crippen molar-refractivity contribution in [3.05, 3.63) is 59.3 Å². The SMILES string of the molecule is FC(F)(F)c1ccc(N2CC=C(c3ccccc3C(F)(F)F)CC2)nn1. The summed E-state index contributed by atoms with van der Waals surface area (Å²) in [6.07, 6.45) is -7.07. The van der Waals surface area contributed by atoms with E-state index in [1.54, 1.807) is 17.0 Å². The van der Waals surface area contributed by atoms with E-state index < -0.39 is 23.6 Å². The van der Waals surface area contributed by atoms with Crippen LogP contribution in [0.25, 0.3) is 5.57 Å². The lowest BCUT2D eigenvalue weighted by Crippen LogP contribution is -2.29. The maximum Gasteiger partial charge on any atom is 0.435 e. The molecule has 3 rings (SSSR count). The molecule has 2 heterocycles. The number of rotatable bonds is 2. The van der Waals surface area contributed by atoms with Crippen molar-refractivity contribution in [1.82, 2.24) is 10.2 Å². The lowest BCUT2D eigenvalue weighted by atomic mass is 9.94. The molecule has 0 N–H and O–H groups in total. The van der Waals surface area contributed by atoms with Gasteiger partial charge < -0.3 is 4.90 Å². The van der Waals surface area contributed by atoms with Crippen LogP contribution in [0.2, 0.25) is 0 Å². The summed E-state index contributed by atoms with van der Waals surface area (Å²) in [4.78, 5) is 1.66. The molecule has 1 aliphatic rings. The summed E-state index contributed by atoms with van der Waals surface area (Å²) in [7, 11) is 0. The van der Waals surface area contributed by atoms with Crippen LogP contribution in [-0.4, -0.2) is 23.3 Å². The van der Waals surface area contributed by atoms with E-state index in [4.69, 9.17) is 0 Å². The van der Waals surface area contributed by atoms with Gasteiger partial charge in [0, 0.05) is 13.1 Å². The topological polar surface area (TPSA) is 29.0 Å². The normalized spacial score (nSPS) is 15.8. The average molecular weight is 373 g/mol. The van der Waals surface area contributed by atoms with Crippen LogP contribution in [0.5, 0.6) is 0 Å². The molecule has 26 heavy (non-hydrogen) atoms. The van der Waals surface area contributed by atoms with Crippen molar-refractivity contribution in [3.8, 4) is 0 Å². The van der Waals surface area contributed by atoms with Crippen molar-refractivity contribution < 1.29 is 26.3 Å². The predicted octanol–water partition coefficient (Wildman–Crippen LogP) is 4.81. The molecule has 0 radical (unpaired) electrons. The van der Waals surface area contributed by atoms with E-state index in [1.807, 2.05) is 0 Å². The molecule has 0 saturated heterocycles. The van der Waals surface area contributed by atoms with Gasteiger partial charge in [-0.25, -0.2) is 0 Å². The van der Waals surface area contributed by atoms with Gasteiger partial charge >= 0.3 is 12.4 Å². The monoisotopic (exact) mass is 373 g/mol. The fourth-order valence-corrected chi connectivity index (χ4v) is 2.78. The zero-order valence-electron chi connectivity index (χ0n) is 13.3. The third-order valence-corrected chi connectivity index (χ3v) is 4.05. The zero-order chi connectivity index (χ0) is 18.9. The van der Waals surface area contributed by atoms with E-state index in [9.17, 15) is 26.3 Å². The smallest absolute Gasteiger partial charge is 0.351 e. The molecule has 138 valence electrons. The van der Waals surface area contributed by atoms with Crippen LogP contribution >= 0.6 is 0 Å². The van der Waals surface area contributed by atoms with Gasteiger partial charge in [-0.05, 0) is 35.8 Å². The third kappa shape index (κ3) is 3.81. The first-order valence-electron chi connectivity index (χ1n) is 7.68. The van der Waals surface area contributed by atoms with Crippen LogP contribution in [0.1, 0.15) is 23.2 Å². The zero-order valence-corrected chi connectivity index (χ0v) is 13.3. The Bertz CT molecular complexity index is 808. The van der Waals surface area contributed by atoms with E-state index in [0.717, 1.165) is 12.1 Å². The molecule has 1 aromatic heterocycles. The van der Waals surface area contributed by atoms with Gasteiger partial charge in [0.05, 0.1) is 5.56 Å². The molecule has 2 aromatic rings. The van der Waals surface area contributed by atoms with E-state index in [-0.39, 0.29) is 17.9 Å². The number of alkyl halides is 6. The molecule has 0 aliphatic carbocycles. The van der Waals surface area contributed by atoms with Gasteiger partial charge in [-0.1, -0.05) is 24.3 Å². The maximum absolute atomic E-state index is 13.1. The van der Waals surface area contributed by atoms with Gasteiger partial charge in [0.25, 0.3) is 0 Å². The molecule has 1 aromatic carbocycles. The molecular formula is C17H13F6N3. The first-order chi connectivity index (χ1) is 12.2. The number of hydrogen-bond donors (Lipinski definition) is 0. The van der Waals surface area contributed by atoms with Gasteiger partial charge in [-0.3, -0.25) is 0 Å². The van der Waals surface area contributed by atoms with Crippen molar-refractivity contribution in [2.24, 2.45) is 0 Å². The highest BCUT2D eigenvalue weighted by molar-refractivity contribution is 5.71. The Morgan fingerprint density at radius 1 is 0.846 bits per heavy atom. The maximum atomic E-state index is 13.1. The lowest BCUT2D eigenvalue weighted by molar-refractivity contribution is -0.141. The first kappa shape index (κ1) is 18.2. The molecule has 9 heteroatoms. The summed E-state index contributed by atoms with van der Waals surface area (Å²) in [6, 6.07) is 7.36. The van der Waals surface area contributed by atoms with Crippen molar-refractivity contribution in [1.29, 1.82) is 0 Å². The lowest BCUT2D eigenvalue weighted by Gasteiger charge is -2.28. The number of nitrogens with zero attached hydrogens (tertiary/aromatic N) is 3. The van der Waals surface area contributed by atoms with Crippen molar-refractivity contribution >= 4 is 11.4 Å².